The van der Waals surface area contributed by atoms with Crippen LogP contribution in [0, 0.1) is 5.92 Å². The van der Waals surface area contributed by atoms with Crippen LogP contribution in [0.15, 0.2) is 30.3 Å². The van der Waals surface area contributed by atoms with E-state index in [2.05, 4.69) is 12.1 Å². The summed E-state index contributed by atoms with van der Waals surface area (Å²) in [6, 6.07) is 10.0. The van der Waals surface area contributed by atoms with Crippen LogP contribution in [0.4, 0.5) is 0 Å². The fourth-order valence-corrected chi connectivity index (χ4v) is 2.34. The molecule has 1 amide bonds. The SMILES string of the molecule is CC(C(=O)O)C(=O)N1CCC(c2ccccc2)C1. The number of carboxylic acid groups (broad SMARTS) is 1. The lowest BCUT2D eigenvalue weighted by atomic mass is 9.99. The molecular formula is C14H17NO3. The predicted molar refractivity (Wildman–Crippen MR) is 67.2 cm³/mol. The van der Waals surface area contributed by atoms with Gasteiger partial charge in [0.25, 0.3) is 0 Å². The number of hydrogen-bond acceptors (Lipinski definition) is 2. The van der Waals surface area contributed by atoms with Crippen LogP contribution >= 0.6 is 0 Å². The molecule has 4 nitrogen and oxygen atoms in total. The van der Waals surface area contributed by atoms with Gasteiger partial charge in [0.2, 0.25) is 5.91 Å². The molecule has 2 rings (SSSR count). The van der Waals surface area contributed by atoms with Gasteiger partial charge in [-0.2, -0.15) is 0 Å². The third kappa shape index (κ3) is 2.53. The Bertz CT molecular complexity index is 444. The van der Waals surface area contributed by atoms with Gasteiger partial charge in [-0.25, -0.2) is 0 Å². The second kappa shape index (κ2) is 5.21. The standard InChI is InChI=1S/C14H17NO3/c1-10(14(17)18)13(16)15-8-7-12(9-15)11-5-3-2-4-6-11/h2-6,10,12H,7-9H2,1H3,(H,17,18). The van der Waals surface area contributed by atoms with E-state index in [0.29, 0.717) is 19.0 Å². The molecule has 1 aromatic rings. The molecular weight excluding hydrogens is 230 g/mol. The predicted octanol–water partition coefficient (Wildman–Crippen LogP) is 1.72. The van der Waals surface area contributed by atoms with Gasteiger partial charge in [0, 0.05) is 19.0 Å². The van der Waals surface area contributed by atoms with Crippen molar-refractivity contribution in [3.8, 4) is 0 Å². The molecule has 4 heteroatoms. The van der Waals surface area contributed by atoms with Crippen molar-refractivity contribution in [1.82, 2.24) is 4.90 Å². The molecule has 1 fully saturated rings. The van der Waals surface area contributed by atoms with Crippen LogP contribution in [0.3, 0.4) is 0 Å². The smallest absolute Gasteiger partial charge is 0.315 e. The van der Waals surface area contributed by atoms with Crippen LogP contribution in [-0.4, -0.2) is 35.0 Å². The van der Waals surface area contributed by atoms with E-state index in [-0.39, 0.29) is 5.91 Å². The van der Waals surface area contributed by atoms with Crippen LogP contribution in [-0.2, 0) is 9.59 Å². The first-order chi connectivity index (χ1) is 8.59. The van der Waals surface area contributed by atoms with Crippen molar-refractivity contribution in [3.05, 3.63) is 35.9 Å². The zero-order valence-corrected chi connectivity index (χ0v) is 10.4. The number of carboxylic acids is 1. The van der Waals surface area contributed by atoms with Crippen LogP contribution in [0.2, 0.25) is 0 Å². The Morgan fingerprint density at radius 2 is 2.00 bits per heavy atom. The van der Waals surface area contributed by atoms with E-state index < -0.39 is 11.9 Å². The van der Waals surface area contributed by atoms with Crippen molar-refractivity contribution in [2.75, 3.05) is 13.1 Å². The lowest BCUT2D eigenvalue weighted by Crippen LogP contribution is -2.36. The summed E-state index contributed by atoms with van der Waals surface area (Å²) >= 11 is 0. The van der Waals surface area contributed by atoms with Crippen molar-refractivity contribution >= 4 is 11.9 Å². The highest BCUT2D eigenvalue weighted by Gasteiger charge is 2.32. The van der Waals surface area contributed by atoms with Crippen LogP contribution in [0.5, 0.6) is 0 Å². The monoisotopic (exact) mass is 247 g/mol. The fourth-order valence-electron chi connectivity index (χ4n) is 2.34. The van der Waals surface area contributed by atoms with E-state index in [1.165, 1.54) is 12.5 Å². The Morgan fingerprint density at radius 1 is 1.33 bits per heavy atom. The molecule has 1 aliphatic rings. The Kier molecular flexibility index (Phi) is 3.65. The van der Waals surface area contributed by atoms with Gasteiger partial charge in [-0.15, -0.1) is 0 Å². The maximum absolute atomic E-state index is 11.9. The molecule has 0 aromatic heterocycles. The summed E-state index contributed by atoms with van der Waals surface area (Å²) < 4.78 is 0. The highest BCUT2D eigenvalue weighted by molar-refractivity contribution is 5.96. The van der Waals surface area contributed by atoms with Crippen molar-refractivity contribution in [1.29, 1.82) is 0 Å². The second-order valence-corrected chi connectivity index (χ2v) is 4.74. The zero-order chi connectivity index (χ0) is 13.1. The number of aliphatic carboxylic acids is 1. The first kappa shape index (κ1) is 12.6. The summed E-state index contributed by atoms with van der Waals surface area (Å²) in [6.45, 7) is 2.72. The Hall–Kier alpha value is -1.84. The average molecular weight is 247 g/mol. The molecule has 1 heterocycles. The van der Waals surface area contributed by atoms with Gasteiger partial charge < -0.3 is 10.0 Å². The minimum atomic E-state index is -1.05. The van der Waals surface area contributed by atoms with Gasteiger partial charge in [-0.05, 0) is 18.9 Å². The Labute approximate surface area is 106 Å². The minimum absolute atomic E-state index is 0.277. The molecule has 0 bridgehead atoms. The zero-order valence-electron chi connectivity index (χ0n) is 10.4. The van der Waals surface area contributed by atoms with E-state index in [4.69, 9.17) is 5.11 Å². The highest BCUT2D eigenvalue weighted by atomic mass is 16.4. The molecule has 2 atom stereocenters. The lowest BCUT2D eigenvalue weighted by Gasteiger charge is -2.18. The summed E-state index contributed by atoms with van der Waals surface area (Å²) in [5.74, 6) is -1.94. The summed E-state index contributed by atoms with van der Waals surface area (Å²) in [5.41, 5.74) is 1.22. The molecule has 0 aliphatic carbocycles. The molecule has 18 heavy (non-hydrogen) atoms. The maximum Gasteiger partial charge on any atom is 0.315 e. The summed E-state index contributed by atoms with van der Waals surface area (Å²) in [7, 11) is 0. The van der Waals surface area contributed by atoms with Crippen molar-refractivity contribution in [2.24, 2.45) is 5.92 Å². The third-order valence-electron chi connectivity index (χ3n) is 3.51. The lowest BCUT2D eigenvalue weighted by molar-refractivity contribution is -0.149. The molecule has 96 valence electrons. The van der Waals surface area contributed by atoms with Crippen LogP contribution in [0.25, 0.3) is 0 Å². The first-order valence-corrected chi connectivity index (χ1v) is 6.16. The Balaban J connectivity index is 2.01. The number of benzene rings is 1. The normalized spacial score (nSPS) is 20.7. The van der Waals surface area contributed by atoms with E-state index in [1.54, 1.807) is 4.90 Å². The molecule has 1 N–H and O–H groups in total. The second-order valence-electron chi connectivity index (χ2n) is 4.74. The molecule has 1 aliphatic heterocycles. The molecule has 1 aromatic carbocycles. The van der Waals surface area contributed by atoms with E-state index in [9.17, 15) is 9.59 Å². The quantitative estimate of drug-likeness (QED) is 0.827. The van der Waals surface area contributed by atoms with Gasteiger partial charge in [0.05, 0.1) is 0 Å². The maximum atomic E-state index is 11.9. The number of nitrogens with zero attached hydrogens (tertiary/aromatic N) is 1. The molecule has 0 radical (unpaired) electrons. The third-order valence-corrected chi connectivity index (χ3v) is 3.51. The summed E-state index contributed by atoms with van der Waals surface area (Å²) in [6.07, 6.45) is 0.905. The highest BCUT2D eigenvalue weighted by Crippen LogP contribution is 2.27. The number of carbonyl (C=O) groups is 2. The van der Waals surface area contributed by atoms with Gasteiger partial charge in [0.1, 0.15) is 5.92 Å². The molecule has 1 saturated heterocycles. The van der Waals surface area contributed by atoms with Gasteiger partial charge in [-0.1, -0.05) is 30.3 Å². The van der Waals surface area contributed by atoms with Crippen molar-refractivity contribution < 1.29 is 14.7 Å². The number of hydrogen-bond donors (Lipinski definition) is 1. The van der Waals surface area contributed by atoms with Gasteiger partial charge >= 0.3 is 5.97 Å². The van der Waals surface area contributed by atoms with E-state index in [1.807, 2.05) is 18.2 Å². The molecule has 0 spiro atoms. The van der Waals surface area contributed by atoms with Crippen LogP contribution < -0.4 is 0 Å². The molecule has 2 unspecified atom stereocenters. The minimum Gasteiger partial charge on any atom is -0.481 e. The number of rotatable bonds is 3. The van der Waals surface area contributed by atoms with Crippen molar-refractivity contribution in [2.45, 2.75) is 19.3 Å². The average Bonchev–Trinajstić information content (AvgIpc) is 2.87. The van der Waals surface area contributed by atoms with Crippen molar-refractivity contribution in [3.63, 3.8) is 0 Å². The Morgan fingerprint density at radius 3 is 2.61 bits per heavy atom. The fraction of sp³-hybridized carbons (Fsp3) is 0.429. The summed E-state index contributed by atoms with van der Waals surface area (Å²) in [5, 5.41) is 8.85. The number of likely N-dealkylation sites (tertiary alicyclic amines) is 1. The largest absolute Gasteiger partial charge is 0.481 e. The van der Waals surface area contributed by atoms with Gasteiger partial charge in [0.15, 0.2) is 0 Å². The number of amides is 1. The topological polar surface area (TPSA) is 57.6 Å². The molecule has 0 saturated carbocycles. The first-order valence-electron chi connectivity index (χ1n) is 6.16. The van der Waals surface area contributed by atoms with Crippen LogP contribution in [0.1, 0.15) is 24.8 Å². The summed E-state index contributed by atoms with van der Waals surface area (Å²) in [4.78, 5) is 24.4. The van der Waals surface area contributed by atoms with Gasteiger partial charge in [-0.3, -0.25) is 9.59 Å². The van der Waals surface area contributed by atoms with E-state index >= 15 is 0 Å². The number of carbonyl (C=O) groups excluding carboxylic acids is 1. The van der Waals surface area contributed by atoms with E-state index in [0.717, 1.165) is 6.42 Å².